The zero-order valence-electron chi connectivity index (χ0n) is 11.7. The van der Waals surface area contributed by atoms with Crippen molar-refractivity contribution >= 4 is 15.9 Å². The van der Waals surface area contributed by atoms with Crippen LogP contribution in [-0.2, 0) is 0 Å². The Bertz CT molecular complexity index is 454. The predicted octanol–water partition coefficient (Wildman–Crippen LogP) is 3.72. The van der Waals surface area contributed by atoms with Crippen molar-refractivity contribution in [2.75, 3.05) is 26.2 Å². The zero-order valence-corrected chi connectivity index (χ0v) is 13.3. The van der Waals surface area contributed by atoms with Gasteiger partial charge >= 0.3 is 0 Å². The van der Waals surface area contributed by atoms with Gasteiger partial charge in [0.25, 0.3) is 0 Å². The second kappa shape index (κ2) is 6.54. The zero-order chi connectivity index (χ0) is 13.9. The minimum Gasteiger partial charge on any atom is -0.314 e. The summed E-state index contributed by atoms with van der Waals surface area (Å²) in [6, 6.07) is 5.85. The smallest absolute Gasteiger partial charge is 0.137 e. The normalized spacial score (nSPS) is 23.1. The number of rotatable bonds is 3. The maximum Gasteiger partial charge on any atom is 0.137 e. The van der Waals surface area contributed by atoms with Gasteiger partial charge in [-0.1, -0.05) is 25.0 Å². The first-order chi connectivity index (χ1) is 9.77. The second-order valence-corrected chi connectivity index (χ2v) is 6.71. The van der Waals surface area contributed by atoms with Gasteiger partial charge in [-0.15, -0.1) is 0 Å². The van der Waals surface area contributed by atoms with Crippen molar-refractivity contribution in [1.29, 1.82) is 0 Å². The SMILES string of the molecule is Fc1cccc([C@H](C2CCCC2)N2CCNCC2)c1Br. The first kappa shape index (κ1) is 14.5. The Morgan fingerprint density at radius 2 is 1.90 bits per heavy atom. The molecular weight excluding hydrogens is 319 g/mol. The Morgan fingerprint density at radius 3 is 2.60 bits per heavy atom. The van der Waals surface area contributed by atoms with Gasteiger partial charge in [-0.05, 0) is 46.3 Å². The van der Waals surface area contributed by atoms with Crippen LogP contribution in [-0.4, -0.2) is 31.1 Å². The molecule has 2 aliphatic rings. The van der Waals surface area contributed by atoms with Crippen LogP contribution >= 0.6 is 15.9 Å². The second-order valence-electron chi connectivity index (χ2n) is 5.92. The van der Waals surface area contributed by atoms with E-state index in [1.165, 1.54) is 31.7 Å². The van der Waals surface area contributed by atoms with E-state index in [-0.39, 0.29) is 5.82 Å². The van der Waals surface area contributed by atoms with E-state index in [2.05, 4.69) is 32.2 Å². The van der Waals surface area contributed by atoms with Crippen molar-refractivity contribution in [1.82, 2.24) is 10.2 Å². The highest BCUT2D eigenvalue weighted by Crippen LogP contribution is 2.42. The van der Waals surface area contributed by atoms with Gasteiger partial charge in [0.15, 0.2) is 0 Å². The molecule has 4 heteroatoms. The van der Waals surface area contributed by atoms with Crippen LogP contribution < -0.4 is 5.32 Å². The first-order valence-electron chi connectivity index (χ1n) is 7.66. The molecule has 0 unspecified atom stereocenters. The molecule has 2 nitrogen and oxygen atoms in total. The van der Waals surface area contributed by atoms with Gasteiger partial charge in [-0.3, -0.25) is 4.90 Å². The monoisotopic (exact) mass is 340 g/mol. The van der Waals surface area contributed by atoms with Crippen LogP contribution in [0.2, 0.25) is 0 Å². The van der Waals surface area contributed by atoms with E-state index < -0.39 is 0 Å². The number of nitrogens with zero attached hydrogens (tertiary/aromatic N) is 1. The van der Waals surface area contributed by atoms with Crippen LogP contribution in [0.5, 0.6) is 0 Å². The lowest BCUT2D eigenvalue weighted by atomic mass is 9.89. The fourth-order valence-electron chi connectivity index (χ4n) is 3.73. The standard InChI is InChI=1S/C16H22BrFN2/c17-15-13(6-3-7-14(15)18)16(12-4-1-2-5-12)20-10-8-19-9-11-20/h3,6-7,12,16,19H,1-2,4-5,8-11H2/t16-/m0/s1. The molecule has 1 aromatic rings. The van der Waals surface area contributed by atoms with Gasteiger partial charge in [0, 0.05) is 32.2 Å². The van der Waals surface area contributed by atoms with Crippen LogP contribution in [0.3, 0.4) is 0 Å². The summed E-state index contributed by atoms with van der Waals surface area (Å²) in [5, 5.41) is 3.41. The largest absolute Gasteiger partial charge is 0.314 e. The van der Waals surface area contributed by atoms with E-state index in [1.54, 1.807) is 0 Å². The van der Waals surface area contributed by atoms with Crippen molar-refractivity contribution in [3.8, 4) is 0 Å². The number of hydrogen-bond donors (Lipinski definition) is 1. The first-order valence-corrected chi connectivity index (χ1v) is 8.45. The van der Waals surface area contributed by atoms with Crippen LogP contribution in [0, 0.1) is 11.7 Å². The highest BCUT2D eigenvalue weighted by atomic mass is 79.9. The van der Waals surface area contributed by atoms with E-state index >= 15 is 0 Å². The summed E-state index contributed by atoms with van der Waals surface area (Å²) in [6.45, 7) is 4.19. The van der Waals surface area contributed by atoms with Crippen molar-refractivity contribution < 1.29 is 4.39 Å². The summed E-state index contributed by atoms with van der Waals surface area (Å²) in [5.41, 5.74) is 1.14. The van der Waals surface area contributed by atoms with E-state index in [4.69, 9.17) is 0 Å². The fraction of sp³-hybridized carbons (Fsp3) is 0.625. The number of nitrogens with one attached hydrogen (secondary N) is 1. The molecule has 2 fully saturated rings. The summed E-state index contributed by atoms with van der Waals surface area (Å²) in [6.07, 6.45) is 5.19. The average Bonchev–Trinajstić information content (AvgIpc) is 2.99. The maximum absolute atomic E-state index is 13.9. The molecule has 1 heterocycles. The minimum absolute atomic E-state index is 0.138. The molecule has 0 bridgehead atoms. The Kier molecular flexibility index (Phi) is 4.74. The van der Waals surface area contributed by atoms with Gasteiger partial charge in [0.1, 0.15) is 5.82 Å². The fourth-order valence-corrected chi connectivity index (χ4v) is 4.23. The summed E-state index contributed by atoms with van der Waals surface area (Å²) in [4.78, 5) is 2.55. The lowest BCUT2D eigenvalue weighted by Crippen LogP contribution is -2.46. The lowest BCUT2D eigenvalue weighted by Gasteiger charge is -2.39. The van der Waals surface area contributed by atoms with E-state index in [0.29, 0.717) is 16.4 Å². The third kappa shape index (κ3) is 2.92. The number of piperazine rings is 1. The molecule has 0 spiro atoms. The molecule has 0 radical (unpaired) electrons. The molecule has 20 heavy (non-hydrogen) atoms. The molecule has 1 atom stereocenters. The molecular formula is C16H22BrFN2. The summed E-state index contributed by atoms with van der Waals surface area (Å²) >= 11 is 3.48. The topological polar surface area (TPSA) is 15.3 Å². The Morgan fingerprint density at radius 1 is 1.20 bits per heavy atom. The molecule has 1 N–H and O–H groups in total. The van der Waals surface area contributed by atoms with Crippen LogP contribution in [0.1, 0.15) is 37.3 Å². The third-order valence-electron chi connectivity index (χ3n) is 4.69. The van der Waals surface area contributed by atoms with Gasteiger partial charge in [-0.2, -0.15) is 0 Å². The lowest BCUT2D eigenvalue weighted by molar-refractivity contribution is 0.125. The predicted molar refractivity (Wildman–Crippen MR) is 83.2 cm³/mol. The average molecular weight is 341 g/mol. The van der Waals surface area contributed by atoms with Gasteiger partial charge in [-0.25, -0.2) is 4.39 Å². The number of benzene rings is 1. The highest BCUT2D eigenvalue weighted by molar-refractivity contribution is 9.10. The number of hydrogen-bond acceptors (Lipinski definition) is 2. The molecule has 1 saturated carbocycles. The molecule has 0 amide bonds. The molecule has 1 saturated heterocycles. The van der Waals surface area contributed by atoms with Crippen molar-refractivity contribution in [3.05, 3.63) is 34.1 Å². The third-order valence-corrected chi connectivity index (χ3v) is 5.53. The van der Waals surface area contributed by atoms with Crippen molar-refractivity contribution in [3.63, 3.8) is 0 Å². The quantitative estimate of drug-likeness (QED) is 0.901. The Hall–Kier alpha value is -0.450. The molecule has 1 aromatic carbocycles. The Balaban J connectivity index is 1.93. The highest BCUT2D eigenvalue weighted by Gasteiger charge is 2.33. The molecule has 3 rings (SSSR count). The van der Waals surface area contributed by atoms with Gasteiger partial charge < -0.3 is 5.32 Å². The number of halogens is 2. The maximum atomic E-state index is 13.9. The van der Waals surface area contributed by atoms with Crippen LogP contribution in [0.15, 0.2) is 22.7 Å². The summed E-state index contributed by atoms with van der Waals surface area (Å²) < 4.78 is 14.6. The van der Waals surface area contributed by atoms with E-state index in [9.17, 15) is 4.39 Å². The molecule has 0 aromatic heterocycles. The summed E-state index contributed by atoms with van der Waals surface area (Å²) in [5.74, 6) is 0.534. The molecule has 1 aliphatic heterocycles. The Labute approximate surface area is 128 Å². The van der Waals surface area contributed by atoms with Crippen LogP contribution in [0.25, 0.3) is 0 Å². The van der Waals surface area contributed by atoms with Crippen molar-refractivity contribution in [2.45, 2.75) is 31.7 Å². The van der Waals surface area contributed by atoms with Gasteiger partial charge in [0.05, 0.1) is 4.47 Å². The molecule has 110 valence electrons. The molecule has 1 aliphatic carbocycles. The van der Waals surface area contributed by atoms with Gasteiger partial charge in [0.2, 0.25) is 0 Å². The summed E-state index contributed by atoms with van der Waals surface area (Å²) in [7, 11) is 0. The van der Waals surface area contributed by atoms with Crippen LogP contribution in [0.4, 0.5) is 4.39 Å². The minimum atomic E-state index is -0.138. The van der Waals surface area contributed by atoms with E-state index in [0.717, 1.165) is 31.7 Å². The van der Waals surface area contributed by atoms with Crippen molar-refractivity contribution in [2.24, 2.45) is 5.92 Å². The van der Waals surface area contributed by atoms with E-state index in [1.807, 2.05) is 6.07 Å².